The van der Waals surface area contributed by atoms with Gasteiger partial charge in [-0.2, -0.15) is 0 Å². The average Bonchev–Trinajstić information content (AvgIpc) is 2.29. The molecule has 0 aromatic heterocycles. The predicted molar refractivity (Wildman–Crippen MR) is 73.7 cm³/mol. The molecule has 3 nitrogen and oxygen atoms in total. The number of anilines is 1. The molecule has 0 unspecified atom stereocenters. The second kappa shape index (κ2) is 6.77. The number of ketones is 1. The summed E-state index contributed by atoms with van der Waals surface area (Å²) in [6, 6.07) is 5.67. The Hall–Kier alpha value is -0.870. The molecule has 4 heteroatoms. The fourth-order valence-corrected chi connectivity index (χ4v) is 2.12. The minimum atomic E-state index is 0.0648. The molecule has 0 aliphatic rings. The molecule has 0 saturated heterocycles. The van der Waals surface area contributed by atoms with Gasteiger partial charge in [-0.1, -0.05) is 15.9 Å². The molecule has 0 heterocycles. The first-order valence-corrected chi connectivity index (χ1v) is 6.55. The van der Waals surface area contributed by atoms with Gasteiger partial charge in [-0.3, -0.25) is 4.79 Å². The van der Waals surface area contributed by atoms with Crippen molar-refractivity contribution in [2.24, 2.45) is 0 Å². The Labute approximate surface area is 111 Å². The van der Waals surface area contributed by atoms with E-state index in [0.29, 0.717) is 6.42 Å². The van der Waals surface area contributed by atoms with E-state index in [2.05, 4.69) is 20.8 Å². The van der Waals surface area contributed by atoms with Gasteiger partial charge in [0.05, 0.1) is 0 Å². The normalized spacial score (nSPS) is 10.4. The zero-order valence-electron chi connectivity index (χ0n) is 10.2. The van der Waals surface area contributed by atoms with E-state index in [1.54, 1.807) is 6.92 Å². The van der Waals surface area contributed by atoms with Crippen molar-refractivity contribution in [2.45, 2.75) is 20.3 Å². The van der Waals surface area contributed by atoms with Crippen LogP contribution in [0.4, 0.5) is 5.69 Å². The van der Waals surface area contributed by atoms with Crippen LogP contribution in [0.1, 0.15) is 30.6 Å². The number of halogens is 1. The summed E-state index contributed by atoms with van der Waals surface area (Å²) in [4.78, 5) is 13.7. The van der Waals surface area contributed by atoms with E-state index < -0.39 is 0 Å². The lowest BCUT2D eigenvalue weighted by Gasteiger charge is -2.25. The number of carbonyl (C=O) groups excluding carboxylic acids is 1. The minimum Gasteiger partial charge on any atom is -0.396 e. The van der Waals surface area contributed by atoms with Crippen LogP contribution >= 0.6 is 15.9 Å². The predicted octanol–water partition coefficient (Wildman–Crippen LogP) is 2.86. The van der Waals surface area contributed by atoms with E-state index in [9.17, 15) is 4.79 Å². The molecule has 0 spiro atoms. The van der Waals surface area contributed by atoms with E-state index in [-0.39, 0.29) is 12.4 Å². The summed E-state index contributed by atoms with van der Waals surface area (Å²) in [7, 11) is 0. The van der Waals surface area contributed by atoms with Gasteiger partial charge < -0.3 is 10.0 Å². The summed E-state index contributed by atoms with van der Waals surface area (Å²) in [5.41, 5.74) is 1.66. The first kappa shape index (κ1) is 14.2. The largest absolute Gasteiger partial charge is 0.396 e. The SMILES string of the molecule is CCN(CCCO)c1cc(Br)ccc1C(C)=O. The Kier molecular flexibility index (Phi) is 5.65. The summed E-state index contributed by atoms with van der Waals surface area (Å²) in [6.45, 7) is 5.36. The standard InChI is InChI=1S/C13H18BrNO2/c1-3-15(7-4-8-16)13-9-11(14)5-6-12(13)10(2)17/h5-6,9,16H,3-4,7-8H2,1-2H3. The Morgan fingerprint density at radius 2 is 2.18 bits per heavy atom. The molecule has 0 atom stereocenters. The van der Waals surface area contributed by atoms with Gasteiger partial charge in [0, 0.05) is 35.4 Å². The number of nitrogens with zero attached hydrogens (tertiary/aromatic N) is 1. The maximum absolute atomic E-state index is 11.6. The Bertz CT molecular complexity index is 393. The van der Waals surface area contributed by atoms with Crippen molar-refractivity contribution in [3.05, 3.63) is 28.2 Å². The number of hydrogen-bond donors (Lipinski definition) is 1. The highest BCUT2D eigenvalue weighted by Crippen LogP contribution is 2.25. The smallest absolute Gasteiger partial charge is 0.161 e. The second-order valence-corrected chi connectivity index (χ2v) is 4.79. The van der Waals surface area contributed by atoms with Crippen molar-refractivity contribution < 1.29 is 9.90 Å². The molecule has 0 fully saturated rings. The maximum Gasteiger partial charge on any atom is 0.161 e. The summed E-state index contributed by atoms with van der Waals surface area (Å²) in [5.74, 6) is 0.0648. The van der Waals surface area contributed by atoms with Gasteiger partial charge in [0.1, 0.15) is 0 Å². The quantitative estimate of drug-likeness (QED) is 0.821. The van der Waals surface area contributed by atoms with E-state index in [1.165, 1.54) is 0 Å². The van der Waals surface area contributed by atoms with E-state index in [0.717, 1.165) is 28.8 Å². The molecule has 1 N–H and O–H groups in total. The second-order valence-electron chi connectivity index (χ2n) is 3.87. The molecule has 17 heavy (non-hydrogen) atoms. The summed E-state index contributed by atoms with van der Waals surface area (Å²) in [6.07, 6.45) is 0.706. The molecule has 1 aromatic carbocycles. The van der Waals surface area contributed by atoms with E-state index in [4.69, 9.17) is 5.11 Å². The molecule has 0 saturated carbocycles. The first-order valence-electron chi connectivity index (χ1n) is 5.76. The van der Waals surface area contributed by atoms with Gasteiger partial charge in [-0.25, -0.2) is 0 Å². The highest BCUT2D eigenvalue weighted by Gasteiger charge is 2.13. The third-order valence-corrected chi connectivity index (χ3v) is 3.14. The van der Waals surface area contributed by atoms with Crippen LogP contribution in [-0.4, -0.2) is 30.6 Å². The molecule has 1 aromatic rings. The lowest BCUT2D eigenvalue weighted by molar-refractivity contribution is 0.101. The average molecular weight is 300 g/mol. The summed E-state index contributed by atoms with van der Waals surface area (Å²) >= 11 is 3.42. The number of rotatable bonds is 6. The molecule has 94 valence electrons. The van der Waals surface area contributed by atoms with Crippen LogP contribution in [0.2, 0.25) is 0 Å². The lowest BCUT2D eigenvalue weighted by Crippen LogP contribution is -2.26. The number of carbonyl (C=O) groups is 1. The first-order chi connectivity index (χ1) is 8.10. The molecule has 0 bridgehead atoms. The number of hydrogen-bond acceptors (Lipinski definition) is 3. The third-order valence-electron chi connectivity index (χ3n) is 2.65. The molecule has 0 aliphatic carbocycles. The minimum absolute atomic E-state index is 0.0648. The Morgan fingerprint density at radius 1 is 1.47 bits per heavy atom. The highest BCUT2D eigenvalue weighted by molar-refractivity contribution is 9.10. The summed E-state index contributed by atoms with van der Waals surface area (Å²) < 4.78 is 0.958. The van der Waals surface area contributed by atoms with Crippen molar-refractivity contribution in [2.75, 3.05) is 24.6 Å². The van der Waals surface area contributed by atoms with E-state index >= 15 is 0 Å². The van der Waals surface area contributed by atoms with Gasteiger partial charge in [-0.05, 0) is 38.5 Å². The van der Waals surface area contributed by atoms with Crippen LogP contribution in [0, 0.1) is 0 Å². The van der Waals surface area contributed by atoms with Crippen molar-refractivity contribution >= 4 is 27.4 Å². The van der Waals surface area contributed by atoms with Gasteiger partial charge in [0.25, 0.3) is 0 Å². The van der Waals surface area contributed by atoms with Crippen LogP contribution in [-0.2, 0) is 0 Å². The van der Waals surface area contributed by atoms with Crippen LogP contribution in [0.15, 0.2) is 22.7 Å². The zero-order chi connectivity index (χ0) is 12.8. The van der Waals surface area contributed by atoms with Gasteiger partial charge in [-0.15, -0.1) is 0 Å². The van der Waals surface area contributed by atoms with Crippen LogP contribution < -0.4 is 4.90 Å². The van der Waals surface area contributed by atoms with Crippen molar-refractivity contribution in [3.63, 3.8) is 0 Å². The Morgan fingerprint density at radius 3 is 2.71 bits per heavy atom. The van der Waals surface area contributed by atoms with Gasteiger partial charge >= 0.3 is 0 Å². The fourth-order valence-electron chi connectivity index (χ4n) is 1.77. The highest BCUT2D eigenvalue weighted by atomic mass is 79.9. The van der Waals surface area contributed by atoms with Crippen molar-refractivity contribution in [1.82, 2.24) is 0 Å². The molecule has 0 amide bonds. The number of aliphatic hydroxyl groups is 1. The van der Waals surface area contributed by atoms with Gasteiger partial charge in [0.15, 0.2) is 5.78 Å². The van der Waals surface area contributed by atoms with E-state index in [1.807, 2.05) is 25.1 Å². The third kappa shape index (κ3) is 3.82. The molecule has 0 aliphatic heterocycles. The van der Waals surface area contributed by atoms with Crippen LogP contribution in [0.3, 0.4) is 0 Å². The number of Topliss-reactive ketones (excluding diaryl/α,β-unsaturated/α-hetero) is 1. The van der Waals surface area contributed by atoms with Crippen LogP contribution in [0.5, 0.6) is 0 Å². The van der Waals surface area contributed by atoms with Crippen molar-refractivity contribution in [3.8, 4) is 0 Å². The molecule has 1 rings (SSSR count). The fraction of sp³-hybridized carbons (Fsp3) is 0.462. The van der Waals surface area contributed by atoms with Crippen molar-refractivity contribution in [1.29, 1.82) is 0 Å². The monoisotopic (exact) mass is 299 g/mol. The zero-order valence-corrected chi connectivity index (χ0v) is 11.8. The lowest BCUT2D eigenvalue weighted by atomic mass is 10.1. The summed E-state index contributed by atoms with van der Waals surface area (Å²) in [5, 5.41) is 8.89. The maximum atomic E-state index is 11.6. The van der Waals surface area contributed by atoms with Crippen LogP contribution in [0.25, 0.3) is 0 Å². The molecular weight excluding hydrogens is 282 g/mol. The number of benzene rings is 1. The molecule has 0 radical (unpaired) electrons. The molecular formula is C13H18BrNO2. The topological polar surface area (TPSA) is 40.5 Å². The van der Waals surface area contributed by atoms with Gasteiger partial charge in [0.2, 0.25) is 0 Å². The number of aliphatic hydroxyl groups excluding tert-OH is 1. The Balaban J connectivity index is 3.06.